The van der Waals surface area contributed by atoms with E-state index in [0.717, 1.165) is 47.7 Å². The van der Waals surface area contributed by atoms with E-state index in [4.69, 9.17) is 4.74 Å². The summed E-state index contributed by atoms with van der Waals surface area (Å²) in [5.74, 6) is 3.54. The van der Waals surface area contributed by atoms with Crippen LogP contribution in [0.4, 0.5) is 11.4 Å². The van der Waals surface area contributed by atoms with Crippen molar-refractivity contribution in [2.45, 2.75) is 64.8 Å². The van der Waals surface area contributed by atoms with Gasteiger partial charge < -0.3 is 15.4 Å². The van der Waals surface area contributed by atoms with Crippen LogP contribution in [-0.2, 0) is 4.79 Å². The molecule has 4 atom stereocenters. The molecule has 0 bridgehead atoms. The van der Waals surface area contributed by atoms with Crippen LogP contribution in [-0.4, -0.2) is 19.1 Å². The Morgan fingerprint density at radius 2 is 1.88 bits per heavy atom. The Morgan fingerprint density at radius 3 is 2.60 bits per heavy atom. The SMILES string of the molecule is COc1ccc2c(c1)NC(=O)[C@@H](CCCCC[C@H]1CCC(C)C1C)N2. The summed E-state index contributed by atoms with van der Waals surface area (Å²) in [6.07, 6.45) is 8.69. The maximum Gasteiger partial charge on any atom is 0.246 e. The van der Waals surface area contributed by atoms with Crippen molar-refractivity contribution in [1.82, 2.24) is 0 Å². The van der Waals surface area contributed by atoms with E-state index in [9.17, 15) is 4.79 Å². The van der Waals surface area contributed by atoms with Crippen LogP contribution in [0.2, 0.25) is 0 Å². The first-order valence-corrected chi connectivity index (χ1v) is 9.84. The zero-order valence-corrected chi connectivity index (χ0v) is 15.8. The number of fused-ring (bicyclic) bond motifs is 1. The van der Waals surface area contributed by atoms with E-state index in [1.165, 1.54) is 32.1 Å². The first-order valence-electron chi connectivity index (χ1n) is 9.84. The monoisotopic (exact) mass is 344 g/mol. The van der Waals surface area contributed by atoms with Crippen LogP contribution in [0.5, 0.6) is 5.75 Å². The summed E-state index contributed by atoms with van der Waals surface area (Å²) in [7, 11) is 1.63. The van der Waals surface area contributed by atoms with Gasteiger partial charge in [0.15, 0.2) is 0 Å². The summed E-state index contributed by atoms with van der Waals surface area (Å²) in [5, 5.41) is 6.37. The van der Waals surface area contributed by atoms with Gasteiger partial charge in [-0.3, -0.25) is 4.79 Å². The summed E-state index contributed by atoms with van der Waals surface area (Å²) in [5.41, 5.74) is 1.80. The number of unbranched alkanes of at least 4 members (excludes halogenated alkanes) is 2. The first kappa shape index (κ1) is 18.1. The molecule has 2 aliphatic rings. The molecule has 0 aromatic heterocycles. The van der Waals surface area contributed by atoms with Crippen LogP contribution in [0.15, 0.2) is 18.2 Å². The molecule has 3 rings (SSSR count). The summed E-state index contributed by atoms with van der Waals surface area (Å²) in [6.45, 7) is 4.82. The Balaban J connectivity index is 1.41. The third kappa shape index (κ3) is 4.28. The fourth-order valence-corrected chi connectivity index (χ4v) is 4.36. The van der Waals surface area contributed by atoms with E-state index in [1.54, 1.807) is 7.11 Å². The van der Waals surface area contributed by atoms with Gasteiger partial charge in [0, 0.05) is 6.07 Å². The number of ether oxygens (including phenoxy) is 1. The van der Waals surface area contributed by atoms with Crippen molar-refractivity contribution in [2.75, 3.05) is 17.7 Å². The minimum atomic E-state index is -0.119. The van der Waals surface area contributed by atoms with Crippen LogP contribution in [0.1, 0.15) is 58.8 Å². The summed E-state index contributed by atoms with van der Waals surface area (Å²) in [4.78, 5) is 12.3. The minimum absolute atomic E-state index is 0.0685. The number of methoxy groups -OCH3 is 1. The predicted octanol–water partition coefficient (Wildman–Crippen LogP) is 5.06. The van der Waals surface area contributed by atoms with Gasteiger partial charge in [0.25, 0.3) is 0 Å². The summed E-state index contributed by atoms with van der Waals surface area (Å²) >= 11 is 0. The molecule has 2 N–H and O–H groups in total. The molecule has 1 aliphatic carbocycles. The Morgan fingerprint density at radius 1 is 1.08 bits per heavy atom. The number of amides is 1. The molecule has 25 heavy (non-hydrogen) atoms. The quantitative estimate of drug-likeness (QED) is 0.680. The molecule has 1 aromatic rings. The highest BCUT2D eigenvalue weighted by Gasteiger charge is 2.29. The Kier molecular flexibility index (Phi) is 5.87. The number of hydrogen-bond acceptors (Lipinski definition) is 3. The van der Waals surface area contributed by atoms with Crippen LogP contribution >= 0.6 is 0 Å². The van der Waals surface area contributed by atoms with Crippen molar-refractivity contribution < 1.29 is 9.53 Å². The lowest BCUT2D eigenvalue weighted by atomic mass is 9.88. The fraction of sp³-hybridized carbons (Fsp3) is 0.667. The molecule has 1 amide bonds. The number of rotatable bonds is 7. The molecule has 4 heteroatoms. The number of nitrogens with one attached hydrogen (secondary N) is 2. The maximum atomic E-state index is 12.3. The normalized spacial score (nSPS) is 28.2. The van der Waals surface area contributed by atoms with E-state index < -0.39 is 0 Å². The van der Waals surface area contributed by atoms with Gasteiger partial charge in [-0.2, -0.15) is 0 Å². The molecule has 1 heterocycles. The molecular weight excluding hydrogens is 312 g/mol. The molecule has 0 radical (unpaired) electrons. The van der Waals surface area contributed by atoms with E-state index in [0.29, 0.717) is 0 Å². The van der Waals surface area contributed by atoms with Crippen molar-refractivity contribution in [2.24, 2.45) is 17.8 Å². The summed E-state index contributed by atoms with van der Waals surface area (Å²) in [6, 6.07) is 5.64. The largest absolute Gasteiger partial charge is 0.497 e. The lowest BCUT2D eigenvalue weighted by Crippen LogP contribution is -2.38. The van der Waals surface area contributed by atoms with Crippen molar-refractivity contribution in [3.63, 3.8) is 0 Å². The third-order valence-electron chi connectivity index (χ3n) is 6.33. The smallest absolute Gasteiger partial charge is 0.246 e. The second-order valence-corrected chi connectivity index (χ2v) is 7.91. The van der Waals surface area contributed by atoms with Gasteiger partial charge in [0.1, 0.15) is 11.8 Å². The van der Waals surface area contributed by atoms with Crippen molar-refractivity contribution >= 4 is 17.3 Å². The molecule has 1 aromatic carbocycles. The second kappa shape index (κ2) is 8.11. The van der Waals surface area contributed by atoms with E-state index in [2.05, 4.69) is 24.5 Å². The number of hydrogen-bond donors (Lipinski definition) is 2. The number of carbonyl (C=O) groups excluding carboxylic acids is 1. The lowest BCUT2D eigenvalue weighted by molar-refractivity contribution is -0.117. The van der Waals surface area contributed by atoms with Gasteiger partial charge in [-0.25, -0.2) is 0 Å². The molecule has 1 aliphatic heterocycles. The van der Waals surface area contributed by atoms with Crippen LogP contribution in [0.3, 0.4) is 0 Å². The molecule has 1 fully saturated rings. The van der Waals surface area contributed by atoms with Crippen molar-refractivity contribution in [1.29, 1.82) is 0 Å². The minimum Gasteiger partial charge on any atom is -0.497 e. The predicted molar refractivity (Wildman–Crippen MR) is 103 cm³/mol. The van der Waals surface area contributed by atoms with Gasteiger partial charge in [0.05, 0.1) is 18.5 Å². The first-order chi connectivity index (χ1) is 12.1. The lowest BCUT2D eigenvalue weighted by Gasteiger charge is -2.27. The average molecular weight is 344 g/mol. The van der Waals surface area contributed by atoms with Gasteiger partial charge >= 0.3 is 0 Å². The van der Waals surface area contributed by atoms with Crippen LogP contribution in [0.25, 0.3) is 0 Å². The molecule has 1 saturated carbocycles. The molecule has 0 saturated heterocycles. The molecule has 138 valence electrons. The highest BCUT2D eigenvalue weighted by molar-refractivity contribution is 6.03. The highest BCUT2D eigenvalue weighted by atomic mass is 16.5. The number of carbonyl (C=O) groups is 1. The van der Waals surface area contributed by atoms with E-state index in [-0.39, 0.29) is 11.9 Å². The van der Waals surface area contributed by atoms with Crippen molar-refractivity contribution in [3.05, 3.63) is 18.2 Å². The van der Waals surface area contributed by atoms with E-state index >= 15 is 0 Å². The van der Waals surface area contributed by atoms with Gasteiger partial charge in [-0.15, -0.1) is 0 Å². The highest BCUT2D eigenvalue weighted by Crippen LogP contribution is 2.39. The maximum absolute atomic E-state index is 12.3. The molecule has 2 unspecified atom stereocenters. The van der Waals surface area contributed by atoms with Crippen molar-refractivity contribution in [3.8, 4) is 5.75 Å². The van der Waals surface area contributed by atoms with Crippen LogP contribution < -0.4 is 15.4 Å². The number of benzene rings is 1. The fourth-order valence-electron chi connectivity index (χ4n) is 4.36. The van der Waals surface area contributed by atoms with Crippen LogP contribution in [0, 0.1) is 17.8 Å². The Hall–Kier alpha value is -1.71. The van der Waals surface area contributed by atoms with Gasteiger partial charge in [-0.05, 0) is 42.7 Å². The number of anilines is 2. The standard InChI is InChI=1S/C21H32N2O2/c1-14-9-10-16(15(14)2)7-5-4-6-8-19-21(24)23-20-13-17(25-3)11-12-18(20)22-19/h11-16,19,22H,4-10H2,1-3H3,(H,23,24)/t14?,15?,16-,19+/m0/s1. The topological polar surface area (TPSA) is 50.4 Å². The van der Waals surface area contributed by atoms with E-state index in [1.807, 2.05) is 18.2 Å². The molecule has 0 spiro atoms. The Labute approximate surface area is 151 Å². The molecule has 4 nitrogen and oxygen atoms in total. The second-order valence-electron chi connectivity index (χ2n) is 7.91. The third-order valence-corrected chi connectivity index (χ3v) is 6.33. The zero-order chi connectivity index (χ0) is 17.8. The summed E-state index contributed by atoms with van der Waals surface area (Å²) < 4.78 is 5.21. The zero-order valence-electron chi connectivity index (χ0n) is 15.8. The molecular formula is C21H32N2O2. The average Bonchev–Trinajstić information content (AvgIpc) is 2.93. The Bertz CT molecular complexity index is 602. The van der Waals surface area contributed by atoms with Gasteiger partial charge in [-0.1, -0.05) is 46.0 Å². The van der Waals surface area contributed by atoms with Gasteiger partial charge in [0.2, 0.25) is 5.91 Å².